The minimum Gasteiger partial charge on any atom is -0.566 e. The van der Waals surface area contributed by atoms with Gasteiger partial charge in [-0.3, -0.25) is 0 Å². The lowest BCUT2D eigenvalue weighted by molar-refractivity contribution is 0.564. The molecule has 4 heteroatoms. The monoisotopic (exact) mass is 292 g/mol. The van der Waals surface area contributed by atoms with Gasteiger partial charge in [-0.15, -0.1) is 0 Å². The molecule has 0 atom stereocenters. The van der Waals surface area contributed by atoms with Gasteiger partial charge < -0.3 is 9.22 Å². The van der Waals surface area contributed by atoms with E-state index in [9.17, 15) is 5.26 Å². The maximum absolute atomic E-state index is 9.48. The molecule has 2 rings (SSSR count). The maximum Gasteiger partial charge on any atom is 0.374 e. The molecule has 1 heterocycles. The van der Waals surface area contributed by atoms with Crippen LogP contribution in [0.1, 0.15) is 36.4 Å². The average Bonchev–Trinajstić information content (AvgIpc) is 2.81. The van der Waals surface area contributed by atoms with Crippen molar-refractivity contribution >= 4 is 19.4 Å². The fraction of sp³-hybridized carbons (Fsp3) is 0.278. The van der Waals surface area contributed by atoms with Crippen molar-refractivity contribution in [2.24, 2.45) is 7.05 Å². The van der Waals surface area contributed by atoms with Crippen LogP contribution in [0.5, 0.6) is 0 Å². The fourth-order valence-corrected chi connectivity index (χ4v) is 2.34. The number of allylic oxidation sites excluding steroid dienone is 1. The number of benzene rings is 1. The summed E-state index contributed by atoms with van der Waals surface area (Å²) in [4.78, 5) is 0. The number of hydrogen-bond donors (Lipinski definition) is 0. The lowest BCUT2D eigenvalue weighted by Crippen LogP contribution is -2.03. The van der Waals surface area contributed by atoms with Crippen molar-refractivity contribution in [1.82, 2.24) is 4.57 Å². The van der Waals surface area contributed by atoms with Crippen molar-refractivity contribution in [3.8, 4) is 6.07 Å². The summed E-state index contributed by atoms with van der Waals surface area (Å²) in [5, 5.41) is 9.48. The summed E-state index contributed by atoms with van der Waals surface area (Å²) in [6, 6.07) is 13.6. The molecule has 0 saturated carbocycles. The number of hydrogen-bond acceptors (Lipinski definition) is 2. The molecule has 0 aliphatic heterocycles. The first-order valence-corrected chi connectivity index (χ1v) is 7.30. The Labute approximate surface area is 134 Å². The Morgan fingerprint density at radius 2 is 1.77 bits per heavy atom. The van der Waals surface area contributed by atoms with Crippen LogP contribution < -0.4 is 0 Å². The van der Waals surface area contributed by atoms with E-state index >= 15 is 0 Å². The summed E-state index contributed by atoms with van der Waals surface area (Å²) in [5.41, 5.74) is 4.14. The van der Waals surface area contributed by atoms with Crippen molar-refractivity contribution in [1.29, 1.82) is 5.26 Å². The third kappa shape index (κ3) is 3.43. The predicted octanol–water partition coefficient (Wildman–Crippen LogP) is 4.16. The van der Waals surface area contributed by atoms with E-state index in [1.807, 2.05) is 75.7 Å². The summed E-state index contributed by atoms with van der Waals surface area (Å²) < 4.78 is 7.03. The number of nitrogens with zero attached hydrogens (tertiary/aromatic N) is 2. The van der Waals surface area contributed by atoms with Crippen LogP contribution in [0.3, 0.4) is 0 Å². The van der Waals surface area contributed by atoms with Gasteiger partial charge in [0.25, 0.3) is 0 Å². The molecule has 112 valence electrons. The zero-order valence-electron chi connectivity index (χ0n) is 13.8. The van der Waals surface area contributed by atoms with Crippen LogP contribution in [-0.4, -0.2) is 12.6 Å². The highest BCUT2D eigenvalue weighted by Crippen LogP contribution is 2.29. The van der Waals surface area contributed by atoms with Gasteiger partial charge in [-0.05, 0) is 31.0 Å². The molecule has 2 aromatic rings. The summed E-state index contributed by atoms with van der Waals surface area (Å²) in [7, 11) is 7.37. The van der Waals surface area contributed by atoms with Crippen molar-refractivity contribution in [3.05, 3.63) is 58.9 Å². The van der Waals surface area contributed by atoms with E-state index in [0.717, 1.165) is 22.5 Å². The summed E-state index contributed by atoms with van der Waals surface area (Å²) in [6.07, 6.45) is 0. The van der Waals surface area contributed by atoms with E-state index < -0.39 is 0 Å². The summed E-state index contributed by atoms with van der Waals surface area (Å²) in [5.74, 6) is 0.395. The van der Waals surface area contributed by atoms with Gasteiger partial charge in [0.15, 0.2) is 0 Å². The maximum atomic E-state index is 9.48. The van der Waals surface area contributed by atoms with Crippen molar-refractivity contribution in [2.75, 3.05) is 0 Å². The van der Waals surface area contributed by atoms with Crippen LogP contribution in [0.25, 0.3) is 11.3 Å². The summed E-state index contributed by atoms with van der Waals surface area (Å²) in [6.45, 7) is 7.97. The largest absolute Gasteiger partial charge is 0.566 e. The molecule has 0 N–H and O–H groups in total. The van der Waals surface area contributed by atoms with Crippen molar-refractivity contribution in [2.45, 2.75) is 27.7 Å². The quantitative estimate of drug-likeness (QED) is 0.484. The van der Waals surface area contributed by atoms with Gasteiger partial charge in [0.1, 0.15) is 17.4 Å². The lowest BCUT2D eigenvalue weighted by atomic mass is 10.0. The molecule has 2 radical (unpaired) electrons. The first-order chi connectivity index (χ1) is 10.6. The van der Waals surface area contributed by atoms with Gasteiger partial charge >= 0.3 is 8.05 Å². The van der Waals surface area contributed by atoms with Gasteiger partial charge in [0, 0.05) is 12.7 Å². The topological polar surface area (TPSA) is 37.9 Å². The molecule has 0 fully saturated rings. The Morgan fingerprint density at radius 3 is 2.18 bits per heavy atom. The Bertz CT molecular complexity index is 694. The van der Waals surface area contributed by atoms with Crippen molar-refractivity contribution < 1.29 is 4.65 Å². The fourth-order valence-electron chi connectivity index (χ4n) is 2.34. The van der Waals surface area contributed by atoms with Gasteiger partial charge in [-0.2, -0.15) is 5.26 Å². The third-order valence-electron chi connectivity index (χ3n) is 3.40. The van der Waals surface area contributed by atoms with E-state index in [1.54, 1.807) is 0 Å². The Balaban J connectivity index is 0.00000116. The van der Waals surface area contributed by atoms with E-state index in [2.05, 4.69) is 6.07 Å². The second-order valence-corrected chi connectivity index (χ2v) is 4.68. The van der Waals surface area contributed by atoms with E-state index in [1.165, 1.54) is 0 Å². The molecule has 0 aliphatic rings. The molecule has 0 spiro atoms. The van der Waals surface area contributed by atoms with E-state index in [4.69, 9.17) is 12.7 Å². The van der Waals surface area contributed by atoms with Crippen LogP contribution in [0.2, 0.25) is 0 Å². The van der Waals surface area contributed by atoms with Gasteiger partial charge in [-0.1, -0.05) is 44.2 Å². The Kier molecular flexibility index (Phi) is 6.53. The van der Waals surface area contributed by atoms with Crippen LogP contribution in [0.15, 0.2) is 36.4 Å². The van der Waals surface area contributed by atoms with Crippen LogP contribution in [0.4, 0.5) is 0 Å². The van der Waals surface area contributed by atoms with Gasteiger partial charge in [0.2, 0.25) is 0 Å². The van der Waals surface area contributed by atoms with Gasteiger partial charge in [-0.25, -0.2) is 0 Å². The van der Waals surface area contributed by atoms with Gasteiger partial charge in [0.05, 0.1) is 5.69 Å². The molecule has 1 aromatic carbocycles. The number of aromatic nitrogens is 1. The predicted molar refractivity (Wildman–Crippen MR) is 91.9 cm³/mol. The second kappa shape index (κ2) is 8.14. The van der Waals surface area contributed by atoms with Crippen LogP contribution >= 0.6 is 0 Å². The minimum absolute atomic E-state index is 0.395. The first-order valence-electron chi connectivity index (χ1n) is 7.30. The van der Waals surface area contributed by atoms with Crippen LogP contribution in [0, 0.1) is 25.2 Å². The molecule has 1 aromatic heterocycles. The standard InChI is InChI=1S/C16H15BN2O.C2H6/c1-11-9-12(2)19(3)15(11)16(20-17)14(10-18)13-7-5-4-6-8-13;1-2/h4-9H,1-3H3;1-2H3. The number of aryl methyl sites for hydroxylation is 2. The molecular formula is C18H21BN2O. The average molecular weight is 292 g/mol. The lowest BCUT2D eigenvalue weighted by Gasteiger charge is -2.13. The molecule has 0 aliphatic carbocycles. The van der Waals surface area contributed by atoms with Crippen molar-refractivity contribution in [3.63, 3.8) is 0 Å². The zero-order valence-corrected chi connectivity index (χ0v) is 13.8. The molecule has 3 nitrogen and oxygen atoms in total. The third-order valence-corrected chi connectivity index (χ3v) is 3.40. The second-order valence-electron chi connectivity index (χ2n) is 4.68. The molecular weight excluding hydrogens is 271 g/mol. The number of nitriles is 1. The highest BCUT2D eigenvalue weighted by Gasteiger charge is 2.17. The Hall–Kier alpha value is -2.41. The summed E-state index contributed by atoms with van der Waals surface area (Å²) >= 11 is 0. The first kappa shape index (κ1) is 17.6. The molecule has 0 unspecified atom stereocenters. The SMILES string of the molecule is CC.[B]OC(=C(C#N)c1ccccc1)c1c(C)cc(C)n1C. The zero-order chi connectivity index (χ0) is 16.7. The highest BCUT2D eigenvalue weighted by molar-refractivity contribution is 6.06. The minimum atomic E-state index is 0.395. The molecule has 0 amide bonds. The Morgan fingerprint density at radius 1 is 1.18 bits per heavy atom. The van der Waals surface area contributed by atoms with E-state index in [-0.39, 0.29) is 0 Å². The van der Waals surface area contributed by atoms with E-state index in [0.29, 0.717) is 11.3 Å². The molecule has 0 bridgehead atoms. The molecule has 0 saturated heterocycles. The molecule has 22 heavy (non-hydrogen) atoms. The highest BCUT2D eigenvalue weighted by atomic mass is 16.4. The normalized spacial score (nSPS) is 10.9. The smallest absolute Gasteiger partial charge is 0.374 e. The van der Waals surface area contributed by atoms with Crippen LogP contribution in [-0.2, 0) is 11.7 Å². The number of rotatable bonds is 3.